The predicted octanol–water partition coefficient (Wildman–Crippen LogP) is 1.35. The minimum absolute atomic E-state index is 0.0649. The maximum Gasteiger partial charge on any atom is 0.281 e. The summed E-state index contributed by atoms with van der Waals surface area (Å²) in [6.45, 7) is 0. The van der Waals surface area contributed by atoms with Crippen LogP contribution in [0.3, 0.4) is 0 Å². The van der Waals surface area contributed by atoms with Gasteiger partial charge in [-0.3, -0.25) is 9.78 Å². The van der Waals surface area contributed by atoms with E-state index in [4.69, 9.17) is 23.1 Å². The van der Waals surface area contributed by atoms with Gasteiger partial charge in [-0.05, 0) is 0 Å². The zero-order valence-electron chi connectivity index (χ0n) is 6.80. The molecular weight excluding hydrogens is 216 g/mol. The second-order valence-electron chi connectivity index (χ2n) is 2.45. The molecule has 0 aliphatic carbocycles. The van der Waals surface area contributed by atoms with Gasteiger partial charge < -0.3 is 11.5 Å². The van der Waals surface area contributed by atoms with Gasteiger partial charge in [-0.2, -0.15) is 0 Å². The van der Waals surface area contributed by atoms with Crippen LogP contribution in [0.25, 0.3) is 0 Å². The number of carbonyl (C=O) groups is 1. The monoisotopic (exact) mass is 221 g/mol. The van der Waals surface area contributed by atoms with Crippen LogP contribution in [-0.4, -0.2) is 10.9 Å². The molecule has 1 aromatic heterocycles. The first-order valence-electron chi connectivity index (χ1n) is 3.47. The van der Waals surface area contributed by atoms with E-state index in [1.807, 2.05) is 0 Å². The van der Waals surface area contributed by atoms with Gasteiger partial charge in [0.25, 0.3) is 12.3 Å². The third-order valence-corrected chi connectivity index (χ3v) is 1.93. The molecule has 0 radical (unpaired) electrons. The van der Waals surface area contributed by atoms with Crippen LogP contribution < -0.4 is 11.5 Å². The fourth-order valence-corrected chi connectivity index (χ4v) is 1.16. The van der Waals surface area contributed by atoms with Crippen LogP contribution in [0, 0.1) is 0 Å². The smallest absolute Gasteiger partial charge is 0.281 e. The highest BCUT2D eigenvalue weighted by Gasteiger charge is 2.22. The van der Waals surface area contributed by atoms with Crippen LogP contribution in [-0.2, 0) is 0 Å². The number of hydrogen-bond donors (Lipinski definition) is 2. The SMILES string of the molecule is NC(=O)c1c(C(F)F)ncc(N)c1Cl. The largest absolute Gasteiger partial charge is 0.396 e. The van der Waals surface area contributed by atoms with E-state index >= 15 is 0 Å². The molecule has 1 aromatic rings. The highest BCUT2D eigenvalue weighted by atomic mass is 35.5. The van der Waals surface area contributed by atoms with Crippen molar-refractivity contribution in [3.63, 3.8) is 0 Å². The molecule has 76 valence electrons. The van der Waals surface area contributed by atoms with Crippen molar-refractivity contribution in [3.8, 4) is 0 Å². The second-order valence-corrected chi connectivity index (χ2v) is 2.83. The van der Waals surface area contributed by atoms with Gasteiger partial charge >= 0.3 is 0 Å². The van der Waals surface area contributed by atoms with Gasteiger partial charge in [0.1, 0.15) is 5.69 Å². The number of nitrogen functional groups attached to an aromatic ring is 1. The molecule has 0 unspecified atom stereocenters. The zero-order chi connectivity index (χ0) is 10.9. The average Bonchev–Trinajstić information content (AvgIpc) is 2.08. The number of rotatable bonds is 2. The van der Waals surface area contributed by atoms with Crippen LogP contribution >= 0.6 is 11.6 Å². The van der Waals surface area contributed by atoms with Gasteiger partial charge in [0.05, 0.1) is 22.5 Å². The van der Waals surface area contributed by atoms with E-state index in [0.29, 0.717) is 0 Å². The van der Waals surface area contributed by atoms with E-state index in [1.165, 1.54) is 0 Å². The summed E-state index contributed by atoms with van der Waals surface area (Å²) in [6, 6.07) is 0. The summed E-state index contributed by atoms with van der Waals surface area (Å²) in [5.41, 5.74) is 8.81. The lowest BCUT2D eigenvalue weighted by Gasteiger charge is -2.08. The van der Waals surface area contributed by atoms with Crippen molar-refractivity contribution < 1.29 is 13.6 Å². The van der Waals surface area contributed by atoms with Crippen LogP contribution in [0.4, 0.5) is 14.5 Å². The Hall–Kier alpha value is -1.43. The summed E-state index contributed by atoms with van der Waals surface area (Å²) < 4.78 is 24.7. The molecule has 0 aliphatic heterocycles. The molecule has 0 saturated carbocycles. The Morgan fingerprint density at radius 1 is 1.57 bits per heavy atom. The first-order valence-corrected chi connectivity index (χ1v) is 3.84. The summed E-state index contributed by atoms with van der Waals surface area (Å²) in [6.07, 6.45) is -1.97. The van der Waals surface area contributed by atoms with Crippen molar-refractivity contribution in [1.82, 2.24) is 4.98 Å². The lowest BCUT2D eigenvalue weighted by atomic mass is 10.1. The number of aromatic nitrogens is 1. The number of anilines is 1. The van der Waals surface area contributed by atoms with E-state index < -0.39 is 23.6 Å². The number of hydrogen-bond acceptors (Lipinski definition) is 3. The molecule has 1 amide bonds. The van der Waals surface area contributed by atoms with Crippen molar-refractivity contribution in [2.45, 2.75) is 6.43 Å². The standard InChI is InChI=1S/C7H6ClF2N3O/c8-4-2(11)1-13-5(6(9)10)3(4)7(12)14/h1,6H,11H2,(H2,12,14). The molecule has 1 heterocycles. The molecule has 14 heavy (non-hydrogen) atoms. The van der Waals surface area contributed by atoms with Crippen LogP contribution in [0.2, 0.25) is 5.02 Å². The normalized spacial score (nSPS) is 10.6. The van der Waals surface area contributed by atoms with E-state index in [2.05, 4.69) is 4.98 Å². The third kappa shape index (κ3) is 1.74. The lowest BCUT2D eigenvalue weighted by molar-refractivity contribution is 0.0983. The number of primary amides is 1. The number of pyridine rings is 1. The average molecular weight is 222 g/mol. The Kier molecular flexibility index (Phi) is 2.85. The molecule has 0 saturated heterocycles. The van der Waals surface area contributed by atoms with Crippen LogP contribution in [0.1, 0.15) is 22.5 Å². The number of alkyl halides is 2. The Morgan fingerprint density at radius 2 is 2.14 bits per heavy atom. The van der Waals surface area contributed by atoms with Crippen LogP contribution in [0.5, 0.6) is 0 Å². The summed E-state index contributed by atoms with van der Waals surface area (Å²) >= 11 is 5.54. The molecule has 0 aromatic carbocycles. The summed E-state index contributed by atoms with van der Waals surface area (Å²) in [4.78, 5) is 14.1. The van der Waals surface area contributed by atoms with E-state index in [9.17, 15) is 13.6 Å². The molecule has 0 aliphatic rings. The second kappa shape index (κ2) is 3.75. The maximum absolute atomic E-state index is 12.3. The minimum Gasteiger partial charge on any atom is -0.396 e. The van der Waals surface area contributed by atoms with Gasteiger partial charge in [-0.25, -0.2) is 8.78 Å². The minimum atomic E-state index is -2.92. The Bertz CT molecular complexity index is 383. The molecule has 4 N–H and O–H groups in total. The van der Waals surface area contributed by atoms with Gasteiger partial charge in [0.2, 0.25) is 0 Å². The Balaban J connectivity index is 3.45. The molecule has 0 fully saturated rings. The van der Waals surface area contributed by atoms with E-state index in [1.54, 1.807) is 0 Å². The van der Waals surface area contributed by atoms with Gasteiger partial charge in [-0.1, -0.05) is 11.6 Å². The number of nitrogens with two attached hydrogens (primary N) is 2. The lowest BCUT2D eigenvalue weighted by Crippen LogP contribution is -2.16. The maximum atomic E-state index is 12.3. The summed E-state index contributed by atoms with van der Waals surface area (Å²) in [5, 5.41) is -0.289. The van der Waals surface area contributed by atoms with Crippen molar-refractivity contribution in [1.29, 1.82) is 0 Å². The highest BCUT2D eigenvalue weighted by Crippen LogP contribution is 2.29. The number of amides is 1. The van der Waals surface area contributed by atoms with Crippen molar-refractivity contribution in [2.24, 2.45) is 5.73 Å². The Labute approximate surface area is 82.9 Å². The molecular formula is C7H6ClF2N3O. The predicted molar refractivity (Wildman–Crippen MR) is 47.1 cm³/mol. The van der Waals surface area contributed by atoms with E-state index in [-0.39, 0.29) is 10.7 Å². The number of nitrogens with zero attached hydrogens (tertiary/aromatic N) is 1. The van der Waals surface area contributed by atoms with Crippen molar-refractivity contribution >= 4 is 23.2 Å². The molecule has 0 spiro atoms. The molecule has 0 bridgehead atoms. The first-order chi connectivity index (χ1) is 6.45. The number of carbonyl (C=O) groups excluding carboxylic acids is 1. The topological polar surface area (TPSA) is 82.0 Å². The van der Waals surface area contributed by atoms with E-state index in [0.717, 1.165) is 6.20 Å². The molecule has 7 heteroatoms. The summed E-state index contributed by atoms with van der Waals surface area (Å²) in [7, 11) is 0. The highest BCUT2D eigenvalue weighted by molar-refractivity contribution is 6.36. The fraction of sp³-hybridized carbons (Fsp3) is 0.143. The Morgan fingerprint density at radius 3 is 2.57 bits per heavy atom. The van der Waals surface area contributed by atoms with Crippen molar-refractivity contribution in [3.05, 3.63) is 22.5 Å². The van der Waals surface area contributed by atoms with Crippen LogP contribution in [0.15, 0.2) is 6.20 Å². The fourth-order valence-electron chi connectivity index (χ4n) is 0.917. The molecule has 1 rings (SSSR count). The third-order valence-electron chi connectivity index (χ3n) is 1.52. The van der Waals surface area contributed by atoms with Gasteiger partial charge in [0, 0.05) is 0 Å². The first kappa shape index (κ1) is 10.6. The van der Waals surface area contributed by atoms with Gasteiger partial charge in [-0.15, -0.1) is 0 Å². The quantitative estimate of drug-likeness (QED) is 0.791. The van der Waals surface area contributed by atoms with Gasteiger partial charge in [0.15, 0.2) is 0 Å². The molecule has 4 nitrogen and oxygen atoms in total. The summed E-state index contributed by atoms with van der Waals surface area (Å²) in [5.74, 6) is -1.08. The molecule has 0 atom stereocenters. The van der Waals surface area contributed by atoms with Crippen molar-refractivity contribution in [2.75, 3.05) is 5.73 Å². The zero-order valence-corrected chi connectivity index (χ0v) is 7.55. The number of halogens is 3.